The molecule has 6 bridgehead atoms. The van der Waals surface area contributed by atoms with Gasteiger partial charge in [-0.15, -0.1) is 0 Å². The van der Waals surface area contributed by atoms with Crippen molar-refractivity contribution < 1.29 is 9.59 Å². The van der Waals surface area contributed by atoms with Crippen LogP contribution in [0.2, 0.25) is 0 Å². The lowest BCUT2D eigenvalue weighted by Gasteiger charge is -2.53. The minimum absolute atomic E-state index is 0.250. The van der Waals surface area contributed by atoms with Gasteiger partial charge in [-0.3, -0.25) is 9.80 Å². The summed E-state index contributed by atoms with van der Waals surface area (Å²) in [6.07, 6.45) is 10.3. The summed E-state index contributed by atoms with van der Waals surface area (Å²) in [7, 11) is 2.34. The third kappa shape index (κ3) is 4.59. The van der Waals surface area contributed by atoms with Crippen molar-refractivity contribution in [2.75, 3.05) is 26.7 Å². The van der Waals surface area contributed by atoms with Crippen LogP contribution in [0.15, 0.2) is 54.1 Å². The summed E-state index contributed by atoms with van der Waals surface area (Å²) >= 11 is 0. The number of likely N-dealkylation sites (N-methyl/N-ethyl adjacent to an activating group) is 1. The Morgan fingerprint density at radius 3 is 2.54 bits per heavy atom. The van der Waals surface area contributed by atoms with Gasteiger partial charge in [-0.1, -0.05) is 62.2 Å². The van der Waals surface area contributed by atoms with Crippen molar-refractivity contribution in [3.8, 4) is 0 Å². The minimum atomic E-state index is 0.250. The Balaban J connectivity index is 0.00000100. The van der Waals surface area contributed by atoms with Gasteiger partial charge in [-0.2, -0.15) is 9.59 Å². The number of aromatic amines is 2. The molecule has 0 spiro atoms. The molecule has 2 aromatic carbocycles. The molecule has 6 heteroatoms. The molecule has 0 radical (unpaired) electrons. The first-order valence-corrected chi connectivity index (χ1v) is 17.8. The van der Waals surface area contributed by atoms with Gasteiger partial charge in [0.2, 0.25) is 0 Å². The van der Waals surface area contributed by atoms with Crippen LogP contribution < -0.4 is 0 Å². The average Bonchev–Trinajstić information content (AvgIpc) is 3.59. The van der Waals surface area contributed by atoms with Crippen molar-refractivity contribution >= 4 is 28.0 Å². The highest BCUT2D eigenvalue weighted by molar-refractivity contribution is 5.87. The average molecular weight is 617 g/mol. The van der Waals surface area contributed by atoms with Crippen molar-refractivity contribution in [1.29, 1.82) is 0 Å². The molecule has 4 aromatic rings. The second-order valence-electron chi connectivity index (χ2n) is 15.1. The SMILES string of the molecule is C/C=C1/CN(C)[C@@H]2Cc3c([nH]c4ccccc34)C(c3ccc4c5c([nH]c4c3)[C@@H]3C[C@H]4C[C@H](CC)C3N(CC5)C4)C[C@@H]1C2C.O=C=O. The maximum Gasteiger partial charge on any atom is 0.373 e. The van der Waals surface area contributed by atoms with Crippen LogP contribution >= 0.6 is 0 Å². The fourth-order valence-electron chi connectivity index (χ4n) is 11.1. The van der Waals surface area contributed by atoms with Gasteiger partial charge in [-0.25, -0.2) is 0 Å². The van der Waals surface area contributed by atoms with Crippen molar-refractivity contribution in [2.45, 2.75) is 83.2 Å². The lowest BCUT2D eigenvalue weighted by atomic mass is 9.65. The number of para-hydroxylation sites is 1. The number of aromatic nitrogens is 2. The summed E-state index contributed by atoms with van der Waals surface area (Å²) in [5, 5.41) is 2.91. The maximum atomic E-state index is 8.12. The Bertz CT molecular complexity index is 1840. The van der Waals surface area contributed by atoms with Crippen LogP contribution in [0.3, 0.4) is 0 Å². The van der Waals surface area contributed by atoms with Crippen molar-refractivity contribution in [3.63, 3.8) is 0 Å². The van der Waals surface area contributed by atoms with E-state index in [9.17, 15) is 0 Å². The first-order valence-electron chi connectivity index (χ1n) is 17.8. The number of H-pyrrole nitrogens is 2. The van der Waals surface area contributed by atoms with Gasteiger partial charge in [0.25, 0.3) is 0 Å². The number of hydrogen-bond acceptors (Lipinski definition) is 4. The molecule has 1 saturated carbocycles. The Hall–Kier alpha value is -3.44. The van der Waals surface area contributed by atoms with E-state index in [0.29, 0.717) is 29.7 Å². The van der Waals surface area contributed by atoms with Crippen LogP contribution in [-0.4, -0.2) is 64.7 Å². The number of rotatable bonds is 2. The molecule has 9 atom stereocenters. The second-order valence-corrected chi connectivity index (χ2v) is 15.1. The van der Waals surface area contributed by atoms with Crippen molar-refractivity contribution in [1.82, 2.24) is 19.8 Å². The number of nitrogens with one attached hydrogen (secondary N) is 2. The lowest BCUT2D eigenvalue weighted by Crippen LogP contribution is -2.56. The predicted octanol–water partition coefficient (Wildman–Crippen LogP) is 7.42. The molecule has 46 heavy (non-hydrogen) atoms. The van der Waals surface area contributed by atoms with E-state index >= 15 is 0 Å². The van der Waals surface area contributed by atoms with E-state index in [1.54, 1.807) is 22.4 Å². The summed E-state index contributed by atoms with van der Waals surface area (Å²) in [5.41, 5.74) is 12.0. The topological polar surface area (TPSA) is 72.2 Å². The number of fused-ring (bicyclic) bond motifs is 9. The zero-order chi connectivity index (χ0) is 31.7. The molecule has 0 amide bonds. The van der Waals surface area contributed by atoms with E-state index in [0.717, 1.165) is 30.8 Å². The van der Waals surface area contributed by atoms with Gasteiger partial charge in [0.1, 0.15) is 0 Å². The highest BCUT2D eigenvalue weighted by Crippen LogP contribution is 2.52. The van der Waals surface area contributed by atoms with Gasteiger partial charge in [0.05, 0.1) is 0 Å². The molecule has 6 nitrogen and oxygen atoms in total. The summed E-state index contributed by atoms with van der Waals surface area (Å²) in [4.78, 5) is 29.9. The molecule has 6 aliphatic rings. The van der Waals surface area contributed by atoms with Crippen LogP contribution in [0.4, 0.5) is 0 Å². The third-order valence-electron chi connectivity index (χ3n) is 13.1. The molecule has 4 aliphatic heterocycles. The molecule has 4 unspecified atom stereocenters. The molecule has 6 heterocycles. The number of carbonyl (C=O) groups excluding carboxylic acids is 2. The van der Waals surface area contributed by atoms with Gasteiger partial charge in [0, 0.05) is 76.7 Å². The molecule has 4 fully saturated rings. The van der Waals surface area contributed by atoms with Crippen LogP contribution in [0.1, 0.15) is 86.4 Å². The Labute approximate surface area is 272 Å². The van der Waals surface area contributed by atoms with Crippen molar-refractivity contribution in [2.24, 2.45) is 23.7 Å². The van der Waals surface area contributed by atoms with Crippen LogP contribution in [0.5, 0.6) is 0 Å². The number of allylic oxidation sites excluding steroid dienone is 1. The third-order valence-corrected chi connectivity index (χ3v) is 13.1. The quantitative estimate of drug-likeness (QED) is 0.230. The highest BCUT2D eigenvalue weighted by atomic mass is 16.2. The minimum Gasteiger partial charge on any atom is -0.358 e. The summed E-state index contributed by atoms with van der Waals surface area (Å²) in [6.45, 7) is 10.9. The molecule has 240 valence electrons. The number of nitrogens with zero attached hydrogens (tertiary/aromatic N) is 2. The number of likely N-dealkylation sites (tertiary alicyclic amines) is 1. The number of hydrogen-bond donors (Lipinski definition) is 2. The zero-order valence-corrected chi connectivity index (χ0v) is 27.8. The fraction of sp³-hybridized carbons (Fsp3) is 0.525. The van der Waals surface area contributed by atoms with Gasteiger partial charge < -0.3 is 9.97 Å². The van der Waals surface area contributed by atoms with E-state index in [4.69, 9.17) is 9.59 Å². The van der Waals surface area contributed by atoms with Crippen LogP contribution in [-0.2, 0) is 22.4 Å². The maximum absolute atomic E-state index is 8.12. The molecular formula is C40H48N4O2. The van der Waals surface area contributed by atoms with Crippen molar-refractivity contribution in [3.05, 3.63) is 82.2 Å². The Morgan fingerprint density at radius 2 is 1.74 bits per heavy atom. The Morgan fingerprint density at radius 1 is 0.957 bits per heavy atom. The molecule has 10 rings (SSSR count). The van der Waals surface area contributed by atoms with Crippen LogP contribution in [0.25, 0.3) is 21.8 Å². The molecule has 2 N–H and O–H groups in total. The molecular weight excluding hydrogens is 568 g/mol. The first-order chi connectivity index (χ1) is 22.4. The standard InChI is InChI=1S/C39H48N4.CO2/c1-5-24-15-23-16-33-37-29(13-14-43(20-23)39(24)33)28-12-11-26(17-35(28)41-37)31-18-30-22(3)36(42(4)21-25(30)6-2)19-32-27-9-7-8-10-34(27)40-38(31)32;2-1-3/h6-12,17,22-24,30-31,33,36,39-41H,5,13-16,18-21H2,1-4H3;/b25-6-;/t22?,23-,24+,30-,31?,33+,36-,39?;/m1./s1. The zero-order valence-electron chi connectivity index (χ0n) is 27.8. The fourth-order valence-corrected chi connectivity index (χ4v) is 11.1. The van der Waals surface area contributed by atoms with E-state index in [1.807, 2.05) is 0 Å². The largest absolute Gasteiger partial charge is 0.373 e. The van der Waals surface area contributed by atoms with E-state index in [2.05, 4.69) is 96.1 Å². The van der Waals surface area contributed by atoms with E-state index in [1.165, 1.54) is 78.3 Å². The Kier molecular flexibility index (Phi) is 7.59. The van der Waals surface area contributed by atoms with E-state index in [-0.39, 0.29) is 6.15 Å². The van der Waals surface area contributed by atoms with Crippen LogP contribution in [0, 0.1) is 23.7 Å². The second kappa shape index (κ2) is 11.7. The number of benzene rings is 2. The molecule has 2 aromatic heterocycles. The summed E-state index contributed by atoms with van der Waals surface area (Å²) in [6, 6.07) is 17.9. The van der Waals surface area contributed by atoms with E-state index < -0.39 is 0 Å². The monoisotopic (exact) mass is 616 g/mol. The normalized spacial score (nSPS) is 34.2. The molecule has 3 saturated heterocycles. The molecule has 2 aliphatic carbocycles. The highest BCUT2D eigenvalue weighted by Gasteiger charge is 2.49. The van der Waals surface area contributed by atoms with Gasteiger partial charge in [-0.05, 0) is 98.6 Å². The smallest absolute Gasteiger partial charge is 0.358 e. The van der Waals surface area contributed by atoms with Gasteiger partial charge in [0.15, 0.2) is 0 Å². The predicted molar refractivity (Wildman–Crippen MR) is 183 cm³/mol. The summed E-state index contributed by atoms with van der Waals surface area (Å²) in [5.74, 6) is 4.04. The number of piperidine rings is 3. The lowest BCUT2D eigenvalue weighted by molar-refractivity contribution is -0.191. The first kappa shape index (κ1) is 29.9. The summed E-state index contributed by atoms with van der Waals surface area (Å²) < 4.78 is 0. The van der Waals surface area contributed by atoms with Gasteiger partial charge >= 0.3 is 6.15 Å².